The van der Waals surface area contributed by atoms with E-state index in [4.69, 9.17) is 13.8 Å². The third-order valence-corrected chi connectivity index (χ3v) is 4.89. The van der Waals surface area contributed by atoms with Gasteiger partial charge in [-0.05, 0) is 29.7 Å². The Labute approximate surface area is 148 Å². The Morgan fingerprint density at radius 2 is 1.38 bits per heavy atom. The number of aromatic nitrogens is 1. The first kappa shape index (κ1) is 13.7. The molecule has 3 heteroatoms. The Kier molecular flexibility index (Phi) is 2.61. The van der Waals surface area contributed by atoms with E-state index in [1.54, 1.807) is 0 Å². The summed E-state index contributed by atoms with van der Waals surface area (Å²) in [4.78, 5) is 4.72. The van der Waals surface area contributed by atoms with Gasteiger partial charge in [0, 0.05) is 21.7 Å². The van der Waals surface area contributed by atoms with Crippen LogP contribution in [0.3, 0.4) is 0 Å². The maximum absolute atomic E-state index is 6.23. The van der Waals surface area contributed by atoms with Gasteiger partial charge in [0.05, 0.1) is 0 Å². The molecule has 0 fully saturated rings. The van der Waals surface area contributed by atoms with Gasteiger partial charge in [0.2, 0.25) is 5.89 Å². The minimum Gasteiger partial charge on any atom is -0.455 e. The average Bonchev–Trinajstić information content (AvgIpc) is 3.29. The number of hydrogen-bond acceptors (Lipinski definition) is 3. The molecule has 0 unspecified atom stereocenters. The number of fused-ring (bicyclic) bond motifs is 6. The second kappa shape index (κ2) is 4.96. The van der Waals surface area contributed by atoms with Crippen LogP contribution in [-0.4, -0.2) is 4.98 Å². The van der Waals surface area contributed by atoms with Crippen molar-refractivity contribution in [3.05, 3.63) is 78.9 Å². The van der Waals surface area contributed by atoms with Crippen LogP contribution in [0.5, 0.6) is 0 Å². The third-order valence-electron chi connectivity index (χ3n) is 4.89. The van der Waals surface area contributed by atoms with Gasteiger partial charge in [-0.15, -0.1) is 0 Å². The summed E-state index contributed by atoms with van der Waals surface area (Å²) >= 11 is 0. The van der Waals surface area contributed by atoms with E-state index >= 15 is 0 Å². The Morgan fingerprint density at radius 3 is 2.27 bits per heavy atom. The minimum atomic E-state index is 0.619. The molecule has 0 amide bonds. The molecular formula is C23H13NO2. The smallest absolute Gasteiger partial charge is 0.228 e. The summed E-state index contributed by atoms with van der Waals surface area (Å²) in [5.41, 5.74) is 4.35. The molecule has 3 nitrogen and oxygen atoms in total. The molecule has 0 saturated carbocycles. The lowest BCUT2D eigenvalue weighted by molar-refractivity contribution is 0.620. The van der Waals surface area contributed by atoms with Crippen molar-refractivity contribution in [2.24, 2.45) is 0 Å². The predicted octanol–water partition coefficient (Wildman–Crippen LogP) is 6.55. The van der Waals surface area contributed by atoms with Crippen molar-refractivity contribution in [1.82, 2.24) is 4.98 Å². The van der Waals surface area contributed by atoms with E-state index in [9.17, 15) is 0 Å². The van der Waals surface area contributed by atoms with E-state index in [1.807, 2.05) is 54.6 Å². The second-order valence-electron chi connectivity index (χ2n) is 6.43. The minimum absolute atomic E-state index is 0.619. The molecule has 4 aromatic carbocycles. The molecule has 0 aliphatic heterocycles. The van der Waals surface area contributed by atoms with Gasteiger partial charge in [0.25, 0.3) is 0 Å². The van der Waals surface area contributed by atoms with E-state index in [1.165, 1.54) is 0 Å². The maximum atomic E-state index is 6.23. The number of para-hydroxylation sites is 3. The van der Waals surface area contributed by atoms with Crippen LogP contribution < -0.4 is 0 Å². The fraction of sp³-hybridized carbons (Fsp3) is 0. The SMILES string of the molecule is c1ccc2c(c1)cc(-c1nc3ccccc3o1)c1c3ccccc3oc21. The van der Waals surface area contributed by atoms with E-state index in [2.05, 4.69) is 24.3 Å². The first-order chi connectivity index (χ1) is 12.9. The zero-order chi connectivity index (χ0) is 17.1. The van der Waals surface area contributed by atoms with E-state index in [0.717, 1.165) is 49.4 Å². The Morgan fingerprint density at radius 1 is 0.654 bits per heavy atom. The number of benzene rings is 4. The number of hydrogen-bond donors (Lipinski definition) is 0. The van der Waals surface area contributed by atoms with Crippen molar-refractivity contribution in [3.8, 4) is 11.5 Å². The third kappa shape index (κ3) is 1.80. The van der Waals surface area contributed by atoms with Crippen LogP contribution in [-0.2, 0) is 0 Å². The first-order valence-electron chi connectivity index (χ1n) is 8.57. The molecular weight excluding hydrogens is 322 g/mol. The van der Waals surface area contributed by atoms with E-state index in [0.29, 0.717) is 5.89 Å². The van der Waals surface area contributed by atoms with Crippen LogP contribution in [0.25, 0.3) is 55.3 Å². The van der Waals surface area contributed by atoms with Gasteiger partial charge < -0.3 is 8.83 Å². The van der Waals surface area contributed by atoms with Gasteiger partial charge in [-0.25, -0.2) is 4.98 Å². The Bertz CT molecular complexity index is 1410. The zero-order valence-electron chi connectivity index (χ0n) is 13.8. The van der Waals surface area contributed by atoms with Gasteiger partial charge >= 0.3 is 0 Å². The highest BCUT2D eigenvalue weighted by atomic mass is 16.3. The number of nitrogens with zero attached hydrogens (tertiary/aromatic N) is 1. The zero-order valence-corrected chi connectivity index (χ0v) is 13.8. The summed E-state index contributed by atoms with van der Waals surface area (Å²) in [6.45, 7) is 0. The van der Waals surface area contributed by atoms with Gasteiger partial charge in [-0.2, -0.15) is 0 Å². The van der Waals surface area contributed by atoms with Crippen LogP contribution in [0, 0.1) is 0 Å². The molecule has 0 aliphatic rings. The number of rotatable bonds is 1. The maximum Gasteiger partial charge on any atom is 0.228 e. The highest BCUT2D eigenvalue weighted by molar-refractivity contribution is 6.20. The summed E-state index contributed by atoms with van der Waals surface area (Å²) in [6, 6.07) is 26.3. The summed E-state index contributed by atoms with van der Waals surface area (Å²) in [5, 5.41) is 4.33. The van der Waals surface area contributed by atoms with Crippen LogP contribution in [0.4, 0.5) is 0 Å². The van der Waals surface area contributed by atoms with Gasteiger partial charge in [-0.1, -0.05) is 54.6 Å². The van der Waals surface area contributed by atoms with Crippen molar-refractivity contribution >= 4 is 43.8 Å². The lowest BCUT2D eigenvalue weighted by Gasteiger charge is -2.03. The summed E-state index contributed by atoms with van der Waals surface area (Å²) < 4.78 is 12.3. The molecule has 122 valence electrons. The molecule has 0 N–H and O–H groups in total. The summed E-state index contributed by atoms with van der Waals surface area (Å²) in [5.74, 6) is 0.619. The largest absolute Gasteiger partial charge is 0.455 e. The molecule has 0 aliphatic carbocycles. The molecule has 0 atom stereocenters. The average molecular weight is 335 g/mol. The Balaban J connectivity index is 1.83. The molecule has 6 rings (SSSR count). The van der Waals surface area contributed by atoms with E-state index < -0.39 is 0 Å². The Hall–Kier alpha value is -3.59. The molecule has 2 aromatic heterocycles. The normalized spacial score (nSPS) is 11.8. The number of oxazole rings is 1. The van der Waals surface area contributed by atoms with Crippen molar-refractivity contribution in [2.75, 3.05) is 0 Å². The molecule has 0 radical (unpaired) electrons. The van der Waals surface area contributed by atoms with Gasteiger partial charge in [0.15, 0.2) is 5.58 Å². The predicted molar refractivity (Wildman–Crippen MR) is 104 cm³/mol. The second-order valence-corrected chi connectivity index (χ2v) is 6.43. The summed E-state index contributed by atoms with van der Waals surface area (Å²) in [7, 11) is 0. The first-order valence-corrected chi connectivity index (χ1v) is 8.57. The van der Waals surface area contributed by atoms with Crippen molar-refractivity contribution in [2.45, 2.75) is 0 Å². The van der Waals surface area contributed by atoms with Crippen molar-refractivity contribution in [3.63, 3.8) is 0 Å². The summed E-state index contributed by atoms with van der Waals surface area (Å²) in [6.07, 6.45) is 0. The molecule has 0 saturated heterocycles. The fourth-order valence-electron chi connectivity index (χ4n) is 3.72. The lowest BCUT2D eigenvalue weighted by atomic mass is 10.0. The molecule has 0 spiro atoms. The van der Waals surface area contributed by atoms with Crippen LogP contribution >= 0.6 is 0 Å². The van der Waals surface area contributed by atoms with Crippen LogP contribution in [0.1, 0.15) is 0 Å². The quantitative estimate of drug-likeness (QED) is 0.342. The molecule has 6 aromatic rings. The van der Waals surface area contributed by atoms with Crippen LogP contribution in [0.15, 0.2) is 87.7 Å². The lowest BCUT2D eigenvalue weighted by Crippen LogP contribution is -1.82. The topological polar surface area (TPSA) is 39.2 Å². The molecule has 2 heterocycles. The van der Waals surface area contributed by atoms with Gasteiger partial charge in [-0.3, -0.25) is 0 Å². The highest BCUT2D eigenvalue weighted by Crippen LogP contribution is 2.41. The van der Waals surface area contributed by atoms with Crippen LogP contribution in [0.2, 0.25) is 0 Å². The highest BCUT2D eigenvalue weighted by Gasteiger charge is 2.19. The molecule has 0 bridgehead atoms. The van der Waals surface area contributed by atoms with Crippen molar-refractivity contribution in [1.29, 1.82) is 0 Å². The van der Waals surface area contributed by atoms with Gasteiger partial charge in [0.1, 0.15) is 16.7 Å². The standard InChI is InChI=1S/C23H13NO2/c1-2-8-15-14(7-1)13-17(23-24-18-10-4-6-12-20(18)26-23)21-16-9-3-5-11-19(16)25-22(15)21/h1-13H. The fourth-order valence-corrected chi connectivity index (χ4v) is 3.72. The van der Waals surface area contributed by atoms with Crippen molar-refractivity contribution < 1.29 is 8.83 Å². The number of furan rings is 1. The van der Waals surface area contributed by atoms with E-state index in [-0.39, 0.29) is 0 Å². The molecule has 26 heavy (non-hydrogen) atoms. The monoisotopic (exact) mass is 335 g/mol.